The van der Waals surface area contributed by atoms with E-state index in [1.807, 2.05) is 18.5 Å². The Morgan fingerprint density at radius 3 is 2.79 bits per heavy atom. The number of fused-ring (bicyclic) bond motifs is 2. The number of aryl methyl sites for hydroxylation is 1. The Bertz CT molecular complexity index is 1610. The monoisotopic (exact) mass is 466 g/mol. The number of aromatic amines is 1. The summed E-state index contributed by atoms with van der Waals surface area (Å²) in [4.78, 5) is 0.489. The molecule has 2 N–H and O–H groups in total. The van der Waals surface area contributed by atoms with Crippen LogP contribution in [-0.2, 0) is 30.0 Å². The third kappa shape index (κ3) is 3.53. The van der Waals surface area contributed by atoms with Gasteiger partial charge in [0.05, 0.1) is 27.8 Å². The average Bonchev–Trinajstić information content (AvgIpc) is 3.51. The van der Waals surface area contributed by atoms with Gasteiger partial charge in [-0.15, -0.1) is 0 Å². The van der Waals surface area contributed by atoms with Crippen LogP contribution in [0.2, 0.25) is 0 Å². The number of furan rings is 1. The summed E-state index contributed by atoms with van der Waals surface area (Å²) in [6, 6.07) is 9.72. The second-order valence-corrected chi connectivity index (χ2v) is 10.1. The molecule has 0 aliphatic rings. The van der Waals surface area contributed by atoms with E-state index in [1.165, 1.54) is 12.3 Å². The number of sulfone groups is 1. The number of benzene rings is 2. The quantitative estimate of drug-likeness (QED) is 0.384. The lowest BCUT2D eigenvalue weighted by molar-refractivity contribution is 0.581. The van der Waals surface area contributed by atoms with E-state index in [0.717, 1.165) is 27.5 Å². The van der Waals surface area contributed by atoms with Gasteiger partial charge in [-0.05, 0) is 55.8 Å². The van der Waals surface area contributed by atoms with E-state index in [-0.39, 0.29) is 22.2 Å². The number of halogens is 1. The van der Waals surface area contributed by atoms with Crippen molar-refractivity contribution < 1.29 is 17.2 Å². The Labute approximate surface area is 190 Å². The van der Waals surface area contributed by atoms with E-state index in [0.29, 0.717) is 23.4 Å². The van der Waals surface area contributed by atoms with Gasteiger partial charge in [0.1, 0.15) is 11.4 Å². The van der Waals surface area contributed by atoms with Gasteiger partial charge < -0.3 is 14.3 Å². The maximum absolute atomic E-state index is 14.4. The van der Waals surface area contributed by atoms with Gasteiger partial charge in [0.25, 0.3) is 0 Å². The fourth-order valence-electron chi connectivity index (χ4n) is 4.23. The van der Waals surface area contributed by atoms with Crippen LogP contribution >= 0.6 is 0 Å². The molecule has 0 fully saturated rings. The zero-order chi connectivity index (χ0) is 23.3. The summed E-state index contributed by atoms with van der Waals surface area (Å²) in [5, 5.41) is 11.6. The predicted octanol–water partition coefficient (Wildman–Crippen LogP) is 4.53. The van der Waals surface area contributed by atoms with Crippen molar-refractivity contribution in [3.63, 3.8) is 0 Å². The van der Waals surface area contributed by atoms with Gasteiger partial charge in [0.2, 0.25) is 9.84 Å². The van der Waals surface area contributed by atoms with Crippen LogP contribution < -0.4 is 5.32 Å². The SMILES string of the molecule is Cc1cc(S(=O)(=O)c2cc(CNCc3c(F)ccc4occc34)n(C)c2C)cc2cn[nH]c12. The molecular weight excluding hydrogens is 443 g/mol. The van der Waals surface area contributed by atoms with Crippen molar-refractivity contribution in [2.75, 3.05) is 0 Å². The number of H-pyrrole nitrogens is 1. The van der Waals surface area contributed by atoms with Gasteiger partial charge in [-0.1, -0.05) is 0 Å². The zero-order valence-corrected chi connectivity index (χ0v) is 19.3. The molecule has 0 saturated carbocycles. The van der Waals surface area contributed by atoms with Crippen molar-refractivity contribution in [2.24, 2.45) is 7.05 Å². The van der Waals surface area contributed by atoms with Crippen molar-refractivity contribution in [1.82, 2.24) is 20.1 Å². The minimum absolute atomic E-state index is 0.232. The summed E-state index contributed by atoms with van der Waals surface area (Å²) in [5.41, 5.74) is 4.20. The van der Waals surface area contributed by atoms with Crippen molar-refractivity contribution in [3.05, 3.63) is 77.2 Å². The lowest BCUT2D eigenvalue weighted by Crippen LogP contribution is -2.16. The molecule has 0 saturated heterocycles. The Morgan fingerprint density at radius 1 is 1.15 bits per heavy atom. The predicted molar refractivity (Wildman–Crippen MR) is 123 cm³/mol. The average molecular weight is 467 g/mol. The minimum Gasteiger partial charge on any atom is -0.464 e. The summed E-state index contributed by atoms with van der Waals surface area (Å²) in [6.07, 6.45) is 3.15. The number of aromatic nitrogens is 3. The van der Waals surface area contributed by atoms with Crippen LogP contribution in [0, 0.1) is 19.7 Å². The number of nitrogens with zero attached hydrogens (tertiary/aromatic N) is 2. The third-order valence-electron chi connectivity index (χ3n) is 6.21. The second kappa shape index (κ2) is 7.86. The van der Waals surface area contributed by atoms with Crippen LogP contribution in [0.1, 0.15) is 22.5 Å². The van der Waals surface area contributed by atoms with Crippen molar-refractivity contribution in [2.45, 2.75) is 36.7 Å². The van der Waals surface area contributed by atoms with Gasteiger partial charge in [-0.25, -0.2) is 12.8 Å². The van der Waals surface area contributed by atoms with Gasteiger partial charge in [0, 0.05) is 47.9 Å². The molecule has 0 radical (unpaired) electrons. The fraction of sp³-hybridized carbons (Fsp3) is 0.208. The Hall–Kier alpha value is -3.43. The Kier molecular flexibility index (Phi) is 5.10. The van der Waals surface area contributed by atoms with Gasteiger partial charge in [0.15, 0.2) is 0 Å². The molecule has 9 heteroatoms. The maximum Gasteiger partial charge on any atom is 0.208 e. The maximum atomic E-state index is 14.4. The molecule has 0 aliphatic heterocycles. The molecule has 3 heterocycles. The second-order valence-electron chi connectivity index (χ2n) is 8.18. The summed E-state index contributed by atoms with van der Waals surface area (Å²) in [6.45, 7) is 4.30. The van der Waals surface area contributed by atoms with Crippen LogP contribution in [0.15, 0.2) is 63.1 Å². The van der Waals surface area contributed by atoms with Crippen LogP contribution in [0.3, 0.4) is 0 Å². The zero-order valence-electron chi connectivity index (χ0n) is 18.4. The molecule has 33 heavy (non-hydrogen) atoms. The summed E-state index contributed by atoms with van der Waals surface area (Å²) < 4.78 is 48.5. The van der Waals surface area contributed by atoms with Crippen LogP contribution in [0.5, 0.6) is 0 Å². The Balaban J connectivity index is 1.42. The number of nitrogens with one attached hydrogen (secondary N) is 2. The van der Waals surface area contributed by atoms with E-state index in [9.17, 15) is 12.8 Å². The first-order valence-corrected chi connectivity index (χ1v) is 11.9. The summed E-state index contributed by atoms with van der Waals surface area (Å²) >= 11 is 0. The molecule has 0 bridgehead atoms. The highest BCUT2D eigenvalue weighted by molar-refractivity contribution is 7.91. The fourth-order valence-corrected chi connectivity index (χ4v) is 5.92. The van der Waals surface area contributed by atoms with Crippen LogP contribution in [-0.4, -0.2) is 23.2 Å². The van der Waals surface area contributed by atoms with E-state index < -0.39 is 9.84 Å². The lowest BCUT2D eigenvalue weighted by atomic mass is 10.1. The van der Waals surface area contributed by atoms with Crippen molar-refractivity contribution >= 4 is 31.7 Å². The molecular formula is C24H23FN4O3S. The third-order valence-corrected chi connectivity index (χ3v) is 8.05. The van der Waals surface area contributed by atoms with Crippen molar-refractivity contribution in [3.8, 4) is 0 Å². The van der Waals surface area contributed by atoms with E-state index in [2.05, 4.69) is 15.5 Å². The highest BCUT2D eigenvalue weighted by atomic mass is 32.2. The largest absolute Gasteiger partial charge is 0.464 e. The van der Waals surface area contributed by atoms with Crippen LogP contribution in [0.4, 0.5) is 4.39 Å². The van der Waals surface area contributed by atoms with Gasteiger partial charge >= 0.3 is 0 Å². The first kappa shape index (κ1) is 21.4. The topological polar surface area (TPSA) is 92.9 Å². The molecule has 5 aromatic rings. The highest BCUT2D eigenvalue weighted by Gasteiger charge is 2.25. The smallest absolute Gasteiger partial charge is 0.208 e. The Morgan fingerprint density at radius 2 is 1.97 bits per heavy atom. The molecule has 0 spiro atoms. The molecule has 2 aromatic carbocycles. The van der Waals surface area contributed by atoms with E-state index in [4.69, 9.17) is 4.42 Å². The van der Waals surface area contributed by atoms with Gasteiger partial charge in [-0.3, -0.25) is 5.10 Å². The van der Waals surface area contributed by atoms with E-state index >= 15 is 0 Å². The van der Waals surface area contributed by atoms with E-state index in [1.54, 1.807) is 43.5 Å². The molecule has 7 nitrogen and oxygen atoms in total. The normalized spacial score (nSPS) is 12.2. The molecule has 0 amide bonds. The summed E-state index contributed by atoms with van der Waals surface area (Å²) in [5.74, 6) is -0.312. The lowest BCUT2D eigenvalue weighted by Gasteiger charge is -2.09. The molecule has 5 rings (SSSR count). The number of rotatable bonds is 6. The minimum atomic E-state index is -3.73. The summed E-state index contributed by atoms with van der Waals surface area (Å²) in [7, 11) is -1.90. The van der Waals surface area contributed by atoms with Gasteiger partial charge in [-0.2, -0.15) is 5.10 Å². The molecule has 170 valence electrons. The first-order chi connectivity index (χ1) is 15.8. The molecule has 0 aliphatic carbocycles. The number of hydrogen-bond acceptors (Lipinski definition) is 5. The molecule has 3 aromatic heterocycles. The molecule has 0 unspecified atom stereocenters. The van der Waals surface area contributed by atoms with Crippen molar-refractivity contribution in [1.29, 1.82) is 0 Å². The highest BCUT2D eigenvalue weighted by Crippen LogP contribution is 2.30. The van der Waals surface area contributed by atoms with Crippen LogP contribution in [0.25, 0.3) is 21.9 Å². The first-order valence-electron chi connectivity index (χ1n) is 10.5. The standard InChI is InChI=1S/C24H23FN4O3S/c1-14-8-18(9-16-11-27-28-24(14)16)33(30,31)23-10-17(29(3)15(23)2)12-26-13-20-19-6-7-32-22(19)5-4-21(20)25/h4-11,26H,12-13H2,1-3H3,(H,27,28). The number of hydrogen-bond donors (Lipinski definition) is 2. The molecule has 0 atom stereocenters.